The summed E-state index contributed by atoms with van der Waals surface area (Å²) >= 11 is 0. The van der Waals surface area contributed by atoms with Gasteiger partial charge in [-0.2, -0.15) is 5.26 Å². The average Bonchev–Trinajstić information content (AvgIpc) is 3.34. The second kappa shape index (κ2) is 9.59. The number of rotatable bonds is 6. The van der Waals surface area contributed by atoms with E-state index in [9.17, 15) is 9.59 Å². The number of fused-ring (bicyclic) bond motifs is 2. The van der Waals surface area contributed by atoms with E-state index in [0.717, 1.165) is 34.1 Å². The van der Waals surface area contributed by atoms with E-state index in [0.29, 0.717) is 16.8 Å². The van der Waals surface area contributed by atoms with E-state index in [4.69, 9.17) is 5.26 Å². The van der Waals surface area contributed by atoms with E-state index >= 15 is 0 Å². The van der Waals surface area contributed by atoms with Gasteiger partial charge in [-0.3, -0.25) is 9.59 Å². The van der Waals surface area contributed by atoms with Crippen molar-refractivity contribution in [2.75, 3.05) is 5.32 Å². The normalized spacial score (nSPS) is 16.4. The lowest BCUT2D eigenvalue weighted by Gasteiger charge is -2.36. The van der Waals surface area contributed by atoms with Gasteiger partial charge in [-0.25, -0.2) is 0 Å². The molecule has 0 spiro atoms. The first-order valence-electron chi connectivity index (χ1n) is 12.6. The summed E-state index contributed by atoms with van der Waals surface area (Å²) in [6.07, 6.45) is 0.729. The fourth-order valence-corrected chi connectivity index (χ4v) is 5.54. The number of hydrogen-bond acceptors (Lipinski definition) is 3. The highest BCUT2D eigenvalue weighted by molar-refractivity contribution is 6.05. The van der Waals surface area contributed by atoms with Crippen molar-refractivity contribution in [3.05, 3.63) is 101 Å². The van der Waals surface area contributed by atoms with Crippen LogP contribution in [0.4, 0.5) is 5.69 Å². The van der Waals surface area contributed by atoms with Crippen LogP contribution in [0, 0.1) is 24.2 Å². The zero-order chi connectivity index (χ0) is 26.3. The minimum atomic E-state index is -0.691. The van der Waals surface area contributed by atoms with Gasteiger partial charge in [0.15, 0.2) is 0 Å². The lowest BCUT2D eigenvalue weighted by atomic mass is 9.91. The van der Waals surface area contributed by atoms with Crippen LogP contribution in [0.2, 0.25) is 0 Å². The van der Waals surface area contributed by atoms with Crippen molar-refractivity contribution >= 4 is 28.4 Å². The van der Waals surface area contributed by atoms with Gasteiger partial charge in [0.1, 0.15) is 6.04 Å². The third-order valence-corrected chi connectivity index (χ3v) is 7.75. The maximum atomic E-state index is 14.0. The Bertz CT molecular complexity index is 1540. The number of para-hydroxylation sites is 1. The summed E-state index contributed by atoms with van der Waals surface area (Å²) < 4.78 is 2.16. The summed E-state index contributed by atoms with van der Waals surface area (Å²) in [5.41, 5.74) is 5.89. The molecule has 37 heavy (non-hydrogen) atoms. The van der Waals surface area contributed by atoms with Gasteiger partial charge in [-0.1, -0.05) is 56.7 Å². The summed E-state index contributed by atoms with van der Waals surface area (Å²) in [6.45, 7) is 6.14. The van der Waals surface area contributed by atoms with Gasteiger partial charge in [-0.05, 0) is 54.8 Å². The molecule has 1 N–H and O–H groups in total. The SMILES string of the molecule is CCC(C)C(C(=O)Nc1ccc(C#N)cc1)N1C(=O)c2ccccc2C1c1c(C)n(C)c2ccccc12. The fourth-order valence-electron chi connectivity index (χ4n) is 5.54. The quantitative estimate of drug-likeness (QED) is 0.362. The number of aromatic nitrogens is 1. The van der Waals surface area contributed by atoms with Gasteiger partial charge in [0.05, 0.1) is 17.7 Å². The first-order valence-corrected chi connectivity index (χ1v) is 12.6. The van der Waals surface area contributed by atoms with Gasteiger partial charge >= 0.3 is 0 Å². The van der Waals surface area contributed by atoms with Gasteiger partial charge in [-0.15, -0.1) is 0 Å². The Hall–Kier alpha value is -4.37. The molecule has 1 aliphatic heterocycles. The van der Waals surface area contributed by atoms with E-state index in [1.165, 1.54) is 0 Å². The number of amides is 2. The average molecular weight is 491 g/mol. The molecule has 0 aliphatic carbocycles. The lowest BCUT2D eigenvalue weighted by Crippen LogP contribution is -2.50. The second-order valence-electron chi connectivity index (χ2n) is 9.79. The molecule has 2 heterocycles. The number of hydrogen-bond donors (Lipinski definition) is 1. The molecule has 5 rings (SSSR count). The van der Waals surface area contributed by atoms with Crippen molar-refractivity contribution in [2.45, 2.75) is 39.3 Å². The highest BCUT2D eigenvalue weighted by Gasteiger charge is 2.46. The number of benzene rings is 3. The first-order chi connectivity index (χ1) is 17.9. The minimum Gasteiger partial charge on any atom is -0.348 e. The molecule has 3 unspecified atom stereocenters. The summed E-state index contributed by atoms with van der Waals surface area (Å²) in [4.78, 5) is 29.7. The van der Waals surface area contributed by atoms with Crippen LogP contribution in [0.15, 0.2) is 72.8 Å². The van der Waals surface area contributed by atoms with E-state index < -0.39 is 6.04 Å². The van der Waals surface area contributed by atoms with Crippen molar-refractivity contribution in [1.29, 1.82) is 5.26 Å². The topological polar surface area (TPSA) is 78.1 Å². The molecule has 4 aromatic rings. The number of aryl methyl sites for hydroxylation is 1. The van der Waals surface area contributed by atoms with Crippen LogP contribution in [0.1, 0.15) is 59.1 Å². The molecule has 0 bridgehead atoms. The highest BCUT2D eigenvalue weighted by atomic mass is 16.2. The molecular weight excluding hydrogens is 460 g/mol. The van der Waals surface area contributed by atoms with Crippen LogP contribution < -0.4 is 5.32 Å². The predicted octanol–water partition coefficient (Wildman–Crippen LogP) is 5.96. The van der Waals surface area contributed by atoms with Crippen LogP contribution in [0.3, 0.4) is 0 Å². The molecule has 6 nitrogen and oxygen atoms in total. The predicted molar refractivity (Wildman–Crippen MR) is 145 cm³/mol. The Labute approximate surface area is 217 Å². The fraction of sp³-hybridized carbons (Fsp3) is 0.258. The minimum absolute atomic E-state index is 0.0885. The van der Waals surface area contributed by atoms with Gasteiger partial charge in [0.25, 0.3) is 5.91 Å². The van der Waals surface area contributed by atoms with Gasteiger partial charge in [0, 0.05) is 40.5 Å². The van der Waals surface area contributed by atoms with E-state index in [1.807, 2.05) is 57.3 Å². The van der Waals surface area contributed by atoms with Crippen LogP contribution in [0.5, 0.6) is 0 Å². The Morgan fingerprint density at radius 2 is 1.73 bits per heavy atom. The van der Waals surface area contributed by atoms with Crippen molar-refractivity contribution in [1.82, 2.24) is 9.47 Å². The Balaban J connectivity index is 1.66. The van der Waals surface area contributed by atoms with Gasteiger partial charge in [0.2, 0.25) is 5.91 Å². The summed E-state index contributed by atoms with van der Waals surface area (Å²) in [6, 6.07) is 23.7. The van der Waals surface area contributed by atoms with E-state index in [-0.39, 0.29) is 23.8 Å². The molecule has 6 heteroatoms. The Kier molecular flexibility index (Phi) is 6.31. The third kappa shape index (κ3) is 3.97. The molecule has 0 radical (unpaired) electrons. The molecule has 0 saturated heterocycles. The largest absolute Gasteiger partial charge is 0.348 e. The molecule has 2 amide bonds. The van der Waals surface area contributed by atoms with Crippen molar-refractivity contribution in [3.8, 4) is 6.07 Å². The van der Waals surface area contributed by atoms with Crippen LogP contribution in [-0.4, -0.2) is 27.3 Å². The lowest BCUT2D eigenvalue weighted by molar-refractivity contribution is -0.122. The number of carbonyl (C=O) groups is 2. The third-order valence-electron chi connectivity index (χ3n) is 7.75. The molecule has 3 aromatic carbocycles. The molecule has 0 fully saturated rings. The summed E-state index contributed by atoms with van der Waals surface area (Å²) in [5, 5.41) is 13.2. The number of carbonyl (C=O) groups excluding carboxylic acids is 2. The zero-order valence-corrected chi connectivity index (χ0v) is 21.5. The Morgan fingerprint density at radius 1 is 1.05 bits per heavy atom. The van der Waals surface area contributed by atoms with Crippen molar-refractivity contribution < 1.29 is 9.59 Å². The summed E-state index contributed by atoms with van der Waals surface area (Å²) in [7, 11) is 2.04. The highest BCUT2D eigenvalue weighted by Crippen LogP contribution is 2.45. The van der Waals surface area contributed by atoms with Crippen molar-refractivity contribution in [3.63, 3.8) is 0 Å². The molecular formula is C31H30N4O2. The van der Waals surface area contributed by atoms with E-state index in [1.54, 1.807) is 29.2 Å². The zero-order valence-electron chi connectivity index (χ0n) is 21.5. The van der Waals surface area contributed by atoms with E-state index in [2.05, 4.69) is 35.0 Å². The van der Waals surface area contributed by atoms with Gasteiger partial charge < -0.3 is 14.8 Å². The molecule has 1 aromatic heterocycles. The Morgan fingerprint density at radius 3 is 2.43 bits per heavy atom. The maximum absolute atomic E-state index is 14.0. The second-order valence-corrected chi connectivity index (χ2v) is 9.79. The number of nitrogens with one attached hydrogen (secondary N) is 1. The summed E-state index contributed by atoms with van der Waals surface area (Å²) in [5.74, 6) is -0.453. The number of anilines is 1. The number of nitriles is 1. The molecule has 1 aliphatic rings. The standard InChI is InChI=1S/C31H30N4O2/c1-5-19(2)28(30(36)33-22-16-14-21(18-32)15-17-22)35-29(23-10-6-7-11-24(23)31(35)37)27-20(3)34(4)26-13-9-8-12-25(26)27/h6-17,19,28-29H,5H2,1-4H3,(H,33,36). The van der Waals surface area contributed by atoms with Crippen LogP contribution in [0.25, 0.3) is 10.9 Å². The number of nitrogens with zero attached hydrogens (tertiary/aromatic N) is 3. The smallest absolute Gasteiger partial charge is 0.255 e. The first kappa shape index (κ1) is 24.3. The van der Waals surface area contributed by atoms with Crippen LogP contribution >= 0.6 is 0 Å². The monoisotopic (exact) mass is 490 g/mol. The van der Waals surface area contributed by atoms with Crippen LogP contribution in [-0.2, 0) is 11.8 Å². The van der Waals surface area contributed by atoms with Crippen molar-refractivity contribution in [2.24, 2.45) is 13.0 Å². The maximum Gasteiger partial charge on any atom is 0.255 e. The molecule has 3 atom stereocenters. The molecule has 0 saturated carbocycles. The molecule has 186 valence electrons.